The minimum Gasteiger partial charge on any atom is -2.00 e. The van der Waals surface area contributed by atoms with Crippen LogP contribution in [0.3, 0.4) is 0 Å². The second-order valence-electron chi connectivity index (χ2n) is 17.0. The topological polar surface area (TPSA) is 36.9 Å². The van der Waals surface area contributed by atoms with Gasteiger partial charge in [0.05, 0.1) is 37.8 Å². The van der Waals surface area contributed by atoms with Crippen LogP contribution in [0, 0.1) is 0 Å². The maximum atomic E-state index is 5.71. The van der Waals surface area contributed by atoms with E-state index in [-0.39, 0.29) is 48.1 Å². The molecule has 0 aliphatic rings. The molecule has 0 radical (unpaired) electrons. The molecule has 0 saturated carbocycles. The van der Waals surface area contributed by atoms with Crippen molar-refractivity contribution in [1.29, 1.82) is 0 Å². The van der Waals surface area contributed by atoms with Crippen LogP contribution in [0.15, 0.2) is 0 Å². The Bertz CT molecular complexity index is 756. The van der Waals surface area contributed by atoms with Crippen LogP contribution < -0.4 is 0 Å². The maximum absolute atomic E-state index is 5.71. The van der Waals surface area contributed by atoms with Gasteiger partial charge in [0.2, 0.25) is 0 Å². The first-order chi connectivity index (χ1) is 28.2. The SMILES string of the molecule is CCCCCCCCCCCCOP(=S)([S-])OCCCCCCCCCCCC.CCCCCCCCCCCCOP(=S)([S-])OCCCCCCCCCCCC.[Mo].[S-2].[S-2]. The van der Waals surface area contributed by atoms with Gasteiger partial charge in [-0.25, -0.2) is 0 Å². The third kappa shape index (κ3) is 67.6. The van der Waals surface area contributed by atoms with Crippen molar-refractivity contribution in [3.05, 3.63) is 0 Å². The molecule has 374 valence electrons. The van der Waals surface area contributed by atoms with Crippen molar-refractivity contribution in [3.63, 3.8) is 0 Å². The van der Waals surface area contributed by atoms with E-state index in [1.807, 2.05) is 0 Å². The molecule has 0 unspecified atom stereocenters. The van der Waals surface area contributed by atoms with Gasteiger partial charge in [0.1, 0.15) is 0 Å². The van der Waals surface area contributed by atoms with Gasteiger partial charge in [0, 0.05) is 21.1 Å². The Hall–Kier alpha value is 3.23. The van der Waals surface area contributed by atoms with Crippen molar-refractivity contribution in [2.45, 2.75) is 285 Å². The molecule has 13 heteroatoms. The first kappa shape index (κ1) is 73.2. The molecule has 0 amide bonds. The second-order valence-corrected chi connectivity index (χ2v) is 26.9. The van der Waals surface area contributed by atoms with Gasteiger partial charge in [-0.15, -0.1) is 0 Å². The fraction of sp³-hybridized carbons (Fsp3) is 1.00. The molecule has 61 heavy (non-hydrogen) atoms. The average Bonchev–Trinajstić information content (AvgIpc) is 3.20. The van der Waals surface area contributed by atoms with Gasteiger partial charge in [0.15, 0.2) is 0 Å². The first-order valence-corrected chi connectivity index (χ1v) is 32.7. The van der Waals surface area contributed by atoms with Crippen LogP contribution in [-0.2, 0) is 114 Å². The summed E-state index contributed by atoms with van der Waals surface area (Å²) in [5.74, 6) is 0. The van der Waals surface area contributed by atoms with Crippen LogP contribution in [0.4, 0.5) is 0 Å². The van der Waals surface area contributed by atoms with Gasteiger partial charge in [-0.3, -0.25) is 0 Å². The summed E-state index contributed by atoms with van der Waals surface area (Å²) in [6.07, 6.45) is 53.0. The number of hydrogen-bond acceptors (Lipinski definition) is 8. The molecule has 0 N–H and O–H groups in total. The maximum Gasteiger partial charge on any atom is 0.0563 e. The minimum absolute atomic E-state index is 0. The van der Waals surface area contributed by atoms with Gasteiger partial charge >= 0.3 is 0 Å². The van der Waals surface area contributed by atoms with E-state index in [2.05, 4.69) is 27.7 Å². The first-order valence-electron chi connectivity index (χ1n) is 25.4. The van der Waals surface area contributed by atoms with Crippen molar-refractivity contribution in [2.75, 3.05) is 26.4 Å². The van der Waals surface area contributed by atoms with Crippen molar-refractivity contribution < 1.29 is 39.2 Å². The van der Waals surface area contributed by atoms with E-state index < -0.39 is 11.4 Å². The summed E-state index contributed by atoms with van der Waals surface area (Å²) in [7, 11) is 0. The zero-order valence-corrected chi connectivity index (χ0v) is 49.2. The molecule has 0 aromatic carbocycles. The van der Waals surface area contributed by atoms with E-state index in [9.17, 15) is 0 Å². The summed E-state index contributed by atoms with van der Waals surface area (Å²) in [5.41, 5.74) is -4.86. The van der Waals surface area contributed by atoms with Crippen LogP contribution in [0.5, 0.6) is 0 Å². The van der Waals surface area contributed by atoms with Crippen LogP contribution in [-0.4, -0.2) is 26.4 Å². The molecule has 0 aliphatic heterocycles. The molecular weight excluding hydrogens is 991 g/mol. The van der Waals surface area contributed by atoms with E-state index in [0.717, 1.165) is 25.7 Å². The summed E-state index contributed by atoms with van der Waals surface area (Å²) in [6.45, 7) is 11.8. The van der Waals surface area contributed by atoms with E-state index in [1.165, 1.54) is 231 Å². The summed E-state index contributed by atoms with van der Waals surface area (Å²) in [6, 6.07) is 0. The number of hydrogen-bond donors (Lipinski definition) is 0. The van der Waals surface area contributed by atoms with Gasteiger partial charge in [-0.05, 0) is 25.7 Å². The fourth-order valence-corrected chi connectivity index (χ4v) is 10.5. The Morgan fingerprint density at radius 1 is 0.262 bits per heavy atom. The zero-order chi connectivity index (χ0) is 42.9. The molecule has 0 saturated heterocycles. The minimum atomic E-state index is -2.43. The quantitative estimate of drug-likeness (QED) is 0.0258. The predicted molar refractivity (Wildman–Crippen MR) is 289 cm³/mol. The normalized spacial score (nSPS) is 11.4. The molecule has 0 aromatic heterocycles. The number of unbranched alkanes of at least 4 members (excludes halogenated alkanes) is 36. The van der Waals surface area contributed by atoms with Crippen LogP contribution in [0.1, 0.15) is 285 Å². The molecule has 0 atom stereocenters. The molecule has 0 spiro atoms. The van der Waals surface area contributed by atoms with Crippen LogP contribution in [0.2, 0.25) is 0 Å². The van der Waals surface area contributed by atoms with E-state index in [0.29, 0.717) is 26.4 Å². The molecule has 0 rings (SSSR count). The Morgan fingerprint density at radius 2 is 0.377 bits per heavy atom. The molecule has 4 nitrogen and oxygen atoms in total. The summed E-state index contributed by atoms with van der Waals surface area (Å²) in [5, 5.41) is 0. The molecular formula is C48H100MoO4P2S6-6. The van der Waals surface area contributed by atoms with Crippen LogP contribution >= 0.6 is 11.4 Å². The van der Waals surface area contributed by atoms with Crippen molar-refractivity contribution in [1.82, 2.24) is 0 Å². The Balaban J connectivity index is -0.000000327. The van der Waals surface area contributed by atoms with Crippen molar-refractivity contribution in [3.8, 4) is 0 Å². The summed E-state index contributed by atoms with van der Waals surface area (Å²) >= 11 is 21.5. The van der Waals surface area contributed by atoms with Crippen molar-refractivity contribution >= 4 is 86.5 Å². The van der Waals surface area contributed by atoms with Crippen molar-refractivity contribution in [2.24, 2.45) is 0 Å². The molecule has 0 fully saturated rings. The average molecular weight is 1090 g/mol. The monoisotopic (exact) mass is 1090 g/mol. The smallest absolute Gasteiger partial charge is 0.0563 e. The van der Waals surface area contributed by atoms with Gasteiger partial charge in [-0.1, -0.05) is 282 Å². The number of rotatable bonds is 48. The van der Waals surface area contributed by atoms with E-state index in [4.69, 9.17) is 66.2 Å². The summed E-state index contributed by atoms with van der Waals surface area (Å²) in [4.78, 5) is 0. The Morgan fingerprint density at radius 3 is 0.508 bits per heavy atom. The van der Waals surface area contributed by atoms with E-state index >= 15 is 0 Å². The van der Waals surface area contributed by atoms with Crippen LogP contribution in [0.25, 0.3) is 0 Å². The largest absolute Gasteiger partial charge is 2.00 e. The van der Waals surface area contributed by atoms with Gasteiger partial charge in [-0.2, -0.15) is 0 Å². The molecule has 0 heterocycles. The van der Waals surface area contributed by atoms with Gasteiger partial charge in [0.25, 0.3) is 0 Å². The third-order valence-electron chi connectivity index (χ3n) is 11.0. The summed E-state index contributed by atoms with van der Waals surface area (Å²) < 4.78 is 22.8. The fourth-order valence-electron chi connectivity index (χ4n) is 7.14. The molecule has 0 bridgehead atoms. The predicted octanol–water partition coefficient (Wildman–Crippen LogP) is 19.3. The Labute approximate surface area is 433 Å². The molecule has 0 aliphatic carbocycles. The van der Waals surface area contributed by atoms with Gasteiger partial charge < -0.3 is 69.6 Å². The van der Waals surface area contributed by atoms with E-state index in [1.54, 1.807) is 0 Å². The second kappa shape index (κ2) is 61.2. The zero-order valence-electron chi connectivity index (χ0n) is 40.5. The molecule has 0 aromatic rings. The third-order valence-corrected chi connectivity index (χ3v) is 15.5. The standard InChI is InChI=1S/2C24H51O2PS2.Mo.2S/c2*1-3-5-7-9-11-13-15-17-19-21-23-25-27(28,29)26-24-22-20-18-16-14-12-10-8-6-4-2;;;/h2*3-24H2,1-2H3,(H,28,29);;;/q;;;2*-2/p-2. The Kier molecular flexibility index (Phi) is 73.5.